The van der Waals surface area contributed by atoms with Gasteiger partial charge >= 0.3 is 0 Å². The third kappa shape index (κ3) is 5.23. The first-order valence-corrected chi connectivity index (χ1v) is 9.90. The van der Waals surface area contributed by atoms with E-state index in [1.165, 1.54) is 33.4 Å². The van der Waals surface area contributed by atoms with Crippen LogP contribution in [0.1, 0.15) is 36.1 Å². The summed E-state index contributed by atoms with van der Waals surface area (Å²) in [7, 11) is 0. The first kappa shape index (κ1) is 19.2. The summed E-state index contributed by atoms with van der Waals surface area (Å²) in [6, 6.07) is 23.8. The smallest absolute Gasteiger partial charge is 0.120 e. The van der Waals surface area contributed by atoms with Gasteiger partial charge < -0.3 is 4.74 Å². The largest absolute Gasteiger partial charge is 0.493 e. The fourth-order valence-electron chi connectivity index (χ4n) is 3.58. The molecule has 0 aliphatic carbocycles. The van der Waals surface area contributed by atoms with Crippen molar-refractivity contribution in [2.45, 2.75) is 40.5 Å². The summed E-state index contributed by atoms with van der Waals surface area (Å²) in [5, 5.41) is 0. The Balaban J connectivity index is 1.78. The number of ether oxygens (including phenoxy) is 1. The van der Waals surface area contributed by atoms with Crippen LogP contribution < -0.4 is 4.74 Å². The molecular formula is C26H30O. The van der Waals surface area contributed by atoms with Crippen molar-refractivity contribution >= 4 is 0 Å². The number of aryl methyl sites for hydroxylation is 2. The highest BCUT2D eigenvalue weighted by atomic mass is 16.5. The predicted octanol–water partition coefficient (Wildman–Crippen LogP) is 6.79. The van der Waals surface area contributed by atoms with Gasteiger partial charge in [0, 0.05) is 6.42 Å². The molecule has 0 amide bonds. The van der Waals surface area contributed by atoms with Crippen LogP contribution in [-0.4, -0.2) is 6.61 Å². The first-order chi connectivity index (χ1) is 13.0. The van der Waals surface area contributed by atoms with Crippen molar-refractivity contribution in [2.75, 3.05) is 6.61 Å². The van der Waals surface area contributed by atoms with E-state index in [0.717, 1.165) is 18.6 Å². The van der Waals surface area contributed by atoms with E-state index >= 15 is 0 Å². The Hall–Kier alpha value is -2.54. The summed E-state index contributed by atoms with van der Waals surface area (Å²) in [5.74, 6) is 1.60. The molecule has 0 aliphatic rings. The maximum absolute atomic E-state index is 6.13. The van der Waals surface area contributed by atoms with Crippen molar-refractivity contribution in [2.24, 2.45) is 5.92 Å². The Morgan fingerprint density at radius 1 is 0.815 bits per heavy atom. The van der Waals surface area contributed by atoms with Crippen molar-refractivity contribution in [3.05, 3.63) is 89.0 Å². The highest BCUT2D eigenvalue weighted by molar-refractivity contribution is 5.69. The monoisotopic (exact) mass is 358 g/mol. The summed E-state index contributed by atoms with van der Waals surface area (Å²) < 4.78 is 6.13. The molecule has 0 heterocycles. The third-order valence-electron chi connectivity index (χ3n) is 4.91. The molecule has 3 aromatic rings. The minimum Gasteiger partial charge on any atom is -0.493 e. The van der Waals surface area contributed by atoms with Gasteiger partial charge in [0.05, 0.1) is 6.61 Å². The second-order valence-electron chi connectivity index (χ2n) is 7.81. The second-order valence-corrected chi connectivity index (χ2v) is 7.81. The lowest BCUT2D eigenvalue weighted by molar-refractivity contribution is 0.321. The molecule has 0 radical (unpaired) electrons. The fourth-order valence-corrected chi connectivity index (χ4v) is 3.58. The van der Waals surface area contributed by atoms with Crippen LogP contribution in [0.3, 0.4) is 0 Å². The lowest BCUT2D eigenvalue weighted by Gasteiger charge is -2.14. The molecule has 0 aliphatic heterocycles. The van der Waals surface area contributed by atoms with Crippen molar-refractivity contribution in [3.63, 3.8) is 0 Å². The number of rotatable bonds is 7. The normalized spacial score (nSPS) is 11.0. The Labute approximate surface area is 164 Å². The molecule has 1 heteroatoms. The van der Waals surface area contributed by atoms with E-state index in [9.17, 15) is 0 Å². The van der Waals surface area contributed by atoms with Gasteiger partial charge in [-0.3, -0.25) is 0 Å². The number of benzene rings is 3. The summed E-state index contributed by atoms with van der Waals surface area (Å²) in [4.78, 5) is 0. The van der Waals surface area contributed by atoms with Gasteiger partial charge in [-0.05, 0) is 71.7 Å². The minimum atomic E-state index is 0.640. The van der Waals surface area contributed by atoms with E-state index in [0.29, 0.717) is 12.5 Å². The van der Waals surface area contributed by atoms with E-state index < -0.39 is 0 Å². The maximum Gasteiger partial charge on any atom is 0.120 e. The van der Waals surface area contributed by atoms with Crippen molar-refractivity contribution in [1.82, 2.24) is 0 Å². The van der Waals surface area contributed by atoms with Gasteiger partial charge in [0.2, 0.25) is 0 Å². The summed E-state index contributed by atoms with van der Waals surface area (Å²) in [5.41, 5.74) is 7.89. The van der Waals surface area contributed by atoms with Gasteiger partial charge in [-0.2, -0.15) is 0 Å². The SMILES string of the molecule is Cc1cc(OCCc2ccccc2C)cc(-c2ccccc2CC(C)C)c1. The molecule has 3 aromatic carbocycles. The van der Waals surface area contributed by atoms with E-state index in [-0.39, 0.29) is 0 Å². The summed E-state index contributed by atoms with van der Waals surface area (Å²) in [6.45, 7) is 9.54. The zero-order valence-corrected chi connectivity index (χ0v) is 17.0. The molecule has 0 N–H and O–H groups in total. The molecule has 27 heavy (non-hydrogen) atoms. The molecule has 0 aromatic heterocycles. The Morgan fingerprint density at radius 2 is 1.52 bits per heavy atom. The molecule has 1 nitrogen and oxygen atoms in total. The van der Waals surface area contributed by atoms with Gasteiger partial charge in [0.15, 0.2) is 0 Å². The molecule has 140 valence electrons. The number of hydrogen-bond donors (Lipinski definition) is 0. The highest BCUT2D eigenvalue weighted by Crippen LogP contribution is 2.30. The van der Waals surface area contributed by atoms with Crippen molar-refractivity contribution < 1.29 is 4.74 Å². The summed E-state index contributed by atoms with van der Waals surface area (Å²) in [6.07, 6.45) is 2.02. The van der Waals surface area contributed by atoms with Gasteiger partial charge in [-0.1, -0.05) is 68.4 Å². The lowest BCUT2D eigenvalue weighted by atomic mass is 9.93. The average Bonchev–Trinajstić information content (AvgIpc) is 2.63. The van der Waals surface area contributed by atoms with Crippen LogP contribution in [0.25, 0.3) is 11.1 Å². The van der Waals surface area contributed by atoms with E-state index in [1.54, 1.807) is 0 Å². The molecule has 0 spiro atoms. The fraction of sp³-hybridized carbons (Fsp3) is 0.308. The Morgan fingerprint density at radius 3 is 2.26 bits per heavy atom. The van der Waals surface area contributed by atoms with Gasteiger partial charge in [0.25, 0.3) is 0 Å². The lowest BCUT2D eigenvalue weighted by Crippen LogP contribution is -2.03. The van der Waals surface area contributed by atoms with Crippen LogP contribution in [0.4, 0.5) is 0 Å². The number of hydrogen-bond acceptors (Lipinski definition) is 1. The van der Waals surface area contributed by atoms with Crippen molar-refractivity contribution in [1.29, 1.82) is 0 Å². The second kappa shape index (κ2) is 8.90. The third-order valence-corrected chi connectivity index (χ3v) is 4.91. The van der Waals surface area contributed by atoms with E-state index in [2.05, 4.69) is 94.4 Å². The highest BCUT2D eigenvalue weighted by Gasteiger charge is 2.09. The predicted molar refractivity (Wildman–Crippen MR) is 116 cm³/mol. The molecule has 0 unspecified atom stereocenters. The molecule has 0 fully saturated rings. The van der Waals surface area contributed by atoms with E-state index in [1.807, 2.05) is 0 Å². The Kier molecular flexibility index (Phi) is 6.34. The minimum absolute atomic E-state index is 0.640. The van der Waals surface area contributed by atoms with Crippen LogP contribution >= 0.6 is 0 Å². The molecule has 0 saturated heterocycles. The van der Waals surface area contributed by atoms with E-state index in [4.69, 9.17) is 4.74 Å². The zero-order chi connectivity index (χ0) is 19.2. The van der Waals surface area contributed by atoms with Gasteiger partial charge in [-0.15, -0.1) is 0 Å². The van der Waals surface area contributed by atoms with Crippen LogP contribution in [0.2, 0.25) is 0 Å². The average molecular weight is 359 g/mol. The van der Waals surface area contributed by atoms with Crippen LogP contribution in [0, 0.1) is 19.8 Å². The molecule has 3 rings (SSSR count). The first-order valence-electron chi connectivity index (χ1n) is 9.90. The topological polar surface area (TPSA) is 9.23 Å². The quantitative estimate of drug-likeness (QED) is 0.452. The van der Waals surface area contributed by atoms with Crippen LogP contribution in [-0.2, 0) is 12.8 Å². The molecule has 0 saturated carbocycles. The molecular weight excluding hydrogens is 328 g/mol. The van der Waals surface area contributed by atoms with Crippen LogP contribution in [0.15, 0.2) is 66.7 Å². The molecule has 0 atom stereocenters. The maximum atomic E-state index is 6.13. The summed E-state index contributed by atoms with van der Waals surface area (Å²) >= 11 is 0. The zero-order valence-electron chi connectivity index (χ0n) is 17.0. The van der Waals surface area contributed by atoms with Crippen LogP contribution in [0.5, 0.6) is 5.75 Å². The van der Waals surface area contributed by atoms with Gasteiger partial charge in [-0.25, -0.2) is 0 Å². The van der Waals surface area contributed by atoms with Gasteiger partial charge in [0.1, 0.15) is 5.75 Å². The standard InChI is InChI=1S/C26H30O/c1-19(2)15-23-11-7-8-12-26(23)24-16-20(3)17-25(18-24)27-14-13-22-10-6-5-9-21(22)4/h5-12,16-19H,13-15H2,1-4H3. The molecule has 0 bridgehead atoms. The Bertz CT molecular complexity index is 892. The van der Waals surface area contributed by atoms with Crippen molar-refractivity contribution in [3.8, 4) is 16.9 Å².